The quantitative estimate of drug-likeness (QED) is 0.109. The number of rotatable bonds is 13. The van der Waals surface area contributed by atoms with Gasteiger partial charge in [-0.15, -0.1) is 0 Å². The lowest BCUT2D eigenvalue weighted by Gasteiger charge is -2.52. The van der Waals surface area contributed by atoms with Gasteiger partial charge in [0.25, 0.3) is 0 Å². The van der Waals surface area contributed by atoms with E-state index in [1.54, 1.807) is 18.5 Å². The van der Waals surface area contributed by atoms with Crippen molar-refractivity contribution in [3.63, 3.8) is 0 Å². The monoisotopic (exact) mass is 966 g/mol. The lowest BCUT2D eigenvalue weighted by molar-refractivity contribution is -0.0612. The van der Waals surface area contributed by atoms with Crippen LogP contribution in [0.15, 0.2) is 128 Å². The number of benzene rings is 4. The summed E-state index contributed by atoms with van der Waals surface area (Å²) in [6.45, 7) is 7.70. The van der Waals surface area contributed by atoms with E-state index in [9.17, 15) is 9.59 Å². The van der Waals surface area contributed by atoms with Gasteiger partial charge in [-0.25, -0.2) is 29.5 Å². The van der Waals surface area contributed by atoms with E-state index in [1.807, 2.05) is 64.7 Å². The molecule has 0 aliphatic carbocycles. The molecule has 370 valence electrons. The van der Waals surface area contributed by atoms with E-state index in [4.69, 9.17) is 28.9 Å². The fourth-order valence-corrected chi connectivity index (χ4v) is 12.3. The molecule has 3 atom stereocenters. The molecule has 0 N–H and O–H groups in total. The summed E-state index contributed by atoms with van der Waals surface area (Å²) in [4.78, 5) is 55.0. The molecule has 8 aliphatic rings. The third kappa shape index (κ3) is 9.49. The molecule has 6 fully saturated rings. The molecule has 4 aromatic carbocycles. The fourth-order valence-electron chi connectivity index (χ4n) is 12.3. The number of carbonyl (C=O) groups excluding carboxylic acids is 2. The molecule has 10 heterocycles. The van der Waals surface area contributed by atoms with Crippen LogP contribution < -0.4 is 9.47 Å². The molecule has 0 spiro atoms. The van der Waals surface area contributed by atoms with Gasteiger partial charge in [0.2, 0.25) is 0 Å². The zero-order valence-corrected chi connectivity index (χ0v) is 40.8. The molecule has 8 aliphatic heterocycles. The Morgan fingerprint density at radius 3 is 1.51 bits per heavy atom. The van der Waals surface area contributed by atoms with Crippen LogP contribution >= 0.6 is 0 Å². The van der Waals surface area contributed by atoms with E-state index in [0.29, 0.717) is 49.5 Å². The molecule has 14 rings (SSSR count). The smallest absolute Gasteiger partial charge is 0.410 e. The van der Waals surface area contributed by atoms with Crippen molar-refractivity contribution in [1.29, 1.82) is 0 Å². The van der Waals surface area contributed by atoms with Gasteiger partial charge in [0.15, 0.2) is 11.6 Å². The van der Waals surface area contributed by atoms with Crippen LogP contribution in [0.3, 0.4) is 0 Å². The summed E-state index contributed by atoms with van der Waals surface area (Å²) in [6, 6.07) is 34.3. The summed E-state index contributed by atoms with van der Waals surface area (Å²) < 4.78 is 24.8. The van der Waals surface area contributed by atoms with Gasteiger partial charge < -0.3 is 23.8 Å². The lowest BCUT2D eigenvalue weighted by atomic mass is 9.68. The highest BCUT2D eigenvalue weighted by Crippen LogP contribution is 2.49. The Bertz CT molecular complexity index is 2840. The van der Waals surface area contributed by atoms with Gasteiger partial charge in [-0.1, -0.05) is 72.8 Å². The second kappa shape index (κ2) is 20.0. The molecular weight excluding hydrogens is 905 g/mol. The zero-order valence-electron chi connectivity index (χ0n) is 40.8. The molecular formula is C58H62N8O6. The first-order chi connectivity index (χ1) is 35.4. The molecule has 2 aromatic heterocycles. The average Bonchev–Trinajstić information content (AvgIpc) is 3.45. The van der Waals surface area contributed by atoms with E-state index in [1.165, 1.54) is 11.1 Å². The molecule has 1 unspecified atom stereocenters. The third-order valence-corrected chi connectivity index (χ3v) is 16.7. The van der Waals surface area contributed by atoms with Gasteiger partial charge in [-0.2, -0.15) is 0 Å². The number of piperidine rings is 6. The Kier molecular flexibility index (Phi) is 12.8. The normalized spacial score (nSPS) is 26.0. The van der Waals surface area contributed by atoms with Gasteiger partial charge in [-0.05, 0) is 148 Å². The average molecular weight is 967 g/mol. The number of ether oxygens (including phenoxy) is 4. The van der Waals surface area contributed by atoms with Crippen molar-refractivity contribution >= 4 is 12.2 Å². The standard InChI is InChI=1S/C58H62N8O6/c67-55(71-39-57-20-29-63(30-21-57)31-22-57)65-27-18-41-6-1-3-8-48(41)53(65)43-12-16-47(17-13-43)70-38-52-61-35-45(36-62-52)50-34-58(23-32-64(50)33-24-58)40-72-56(68)66-28-19-42-7-2-4-9-49(42)54(66)44-10-14-46(15-11-44)69-37-51-59-25-5-26-60-51/h1-17,25-26,35-36,50,53-54H,18-24,27-34,37-40H2/t50?,53-,54+/m0/s1. The SMILES string of the molecule is O=C(OCC12CCN(CC1)C(c1cnc(COc3ccc([C@H]4c5ccccc5CCN4C(=O)OCC45CCN(CC4)CC5)cc3)nc1)C2)N1CCc2ccccc2[C@H]1c1ccc(OCc2ncccn2)cc1. The lowest BCUT2D eigenvalue weighted by Crippen LogP contribution is -2.52. The van der Waals surface area contributed by atoms with Crippen LogP contribution in [0.1, 0.15) is 107 Å². The molecule has 4 bridgehead atoms. The Balaban J connectivity index is 0.667. The van der Waals surface area contributed by atoms with Crippen LogP contribution in [0.5, 0.6) is 11.5 Å². The number of nitrogens with zero attached hydrogens (tertiary/aromatic N) is 8. The first-order valence-corrected chi connectivity index (χ1v) is 25.9. The summed E-state index contributed by atoms with van der Waals surface area (Å²) in [5.74, 6) is 2.63. The Morgan fingerprint density at radius 2 is 0.986 bits per heavy atom. The molecule has 14 heteroatoms. The predicted octanol–water partition coefficient (Wildman–Crippen LogP) is 9.31. The van der Waals surface area contributed by atoms with E-state index in [-0.39, 0.29) is 54.4 Å². The van der Waals surface area contributed by atoms with Crippen molar-refractivity contribution < 1.29 is 28.5 Å². The van der Waals surface area contributed by atoms with Crippen LogP contribution in [0.25, 0.3) is 0 Å². The number of aromatic nitrogens is 4. The second-order valence-corrected chi connectivity index (χ2v) is 20.9. The number of hydrogen-bond donors (Lipinski definition) is 0. The number of fused-ring (bicyclic) bond motifs is 8. The van der Waals surface area contributed by atoms with Gasteiger partial charge in [-0.3, -0.25) is 14.7 Å². The number of amides is 2. The summed E-state index contributed by atoms with van der Waals surface area (Å²) in [7, 11) is 0. The number of hydrogen-bond acceptors (Lipinski definition) is 12. The summed E-state index contributed by atoms with van der Waals surface area (Å²) in [5.41, 5.74) is 7.83. The highest BCUT2D eigenvalue weighted by atomic mass is 16.6. The van der Waals surface area contributed by atoms with Crippen LogP contribution in [-0.2, 0) is 35.5 Å². The maximum absolute atomic E-state index is 14.2. The minimum Gasteiger partial charge on any atom is -0.486 e. The highest BCUT2D eigenvalue weighted by Gasteiger charge is 2.47. The van der Waals surface area contributed by atoms with Gasteiger partial charge in [0.05, 0.1) is 25.3 Å². The maximum Gasteiger partial charge on any atom is 0.410 e. The van der Waals surface area contributed by atoms with Crippen molar-refractivity contribution in [2.75, 3.05) is 59.0 Å². The molecule has 6 saturated heterocycles. The largest absolute Gasteiger partial charge is 0.486 e. The molecule has 6 aromatic rings. The predicted molar refractivity (Wildman–Crippen MR) is 269 cm³/mol. The van der Waals surface area contributed by atoms with E-state index < -0.39 is 0 Å². The van der Waals surface area contributed by atoms with Crippen molar-refractivity contribution in [1.82, 2.24) is 39.5 Å². The van der Waals surface area contributed by atoms with Crippen molar-refractivity contribution in [3.05, 3.63) is 179 Å². The van der Waals surface area contributed by atoms with Crippen molar-refractivity contribution in [2.24, 2.45) is 10.8 Å². The van der Waals surface area contributed by atoms with Gasteiger partial charge >= 0.3 is 12.2 Å². The van der Waals surface area contributed by atoms with Crippen LogP contribution in [0.4, 0.5) is 9.59 Å². The van der Waals surface area contributed by atoms with Gasteiger partial charge in [0.1, 0.15) is 24.7 Å². The highest BCUT2D eigenvalue weighted by molar-refractivity contribution is 5.71. The molecule has 0 radical (unpaired) electrons. The van der Waals surface area contributed by atoms with Crippen LogP contribution in [-0.4, -0.2) is 111 Å². The minimum absolute atomic E-state index is 0.117. The third-order valence-electron chi connectivity index (χ3n) is 16.7. The minimum atomic E-state index is -0.284. The summed E-state index contributed by atoms with van der Waals surface area (Å²) >= 11 is 0. The Hall–Kier alpha value is -6.90. The maximum atomic E-state index is 14.2. The number of carbonyl (C=O) groups is 2. The zero-order chi connectivity index (χ0) is 48.5. The van der Waals surface area contributed by atoms with Gasteiger partial charge in [0, 0.05) is 60.3 Å². The van der Waals surface area contributed by atoms with Crippen molar-refractivity contribution in [3.8, 4) is 11.5 Å². The first-order valence-electron chi connectivity index (χ1n) is 25.9. The fraction of sp³-hybridized carbons (Fsp3) is 0.414. The van der Waals surface area contributed by atoms with Crippen LogP contribution in [0, 0.1) is 10.8 Å². The summed E-state index contributed by atoms with van der Waals surface area (Å²) in [6.07, 6.45) is 14.4. The Labute approximate surface area is 421 Å². The van der Waals surface area contributed by atoms with E-state index in [2.05, 4.69) is 74.4 Å². The Morgan fingerprint density at radius 1 is 0.514 bits per heavy atom. The molecule has 2 amide bonds. The summed E-state index contributed by atoms with van der Waals surface area (Å²) in [5, 5.41) is 0. The van der Waals surface area contributed by atoms with E-state index >= 15 is 0 Å². The molecule has 72 heavy (non-hydrogen) atoms. The van der Waals surface area contributed by atoms with Crippen LogP contribution in [0.2, 0.25) is 0 Å². The molecule has 14 nitrogen and oxygen atoms in total. The van der Waals surface area contributed by atoms with E-state index in [0.717, 1.165) is 112 Å². The van der Waals surface area contributed by atoms with Crippen molar-refractivity contribution in [2.45, 2.75) is 82.7 Å². The second-order valence-electron chi connectivity index (χ2n) is 20.9. The topological polar surface area (TPSA) is 136 Å². The molecule has 0 saturated carbocycles. The first kappa shape index (κ1) is 46.2.